The van der Waals surface area contributed by atoms with E-state index in [1.807, 2.05) is 0 Å². The minimum atomic E-state index is 0.936. The largest absolute Gasteiger partial charge is 0.0622 e. The standard InChI is InChI=1S/C76H60/c1-9-49-65-57-37-33-53-55-35-39-59-67-51(11-3)75-63(47-29-21-15-22-30-47)43(7)44(8)64(48-31-23-16-24-32-48)76(75)52(12-4)68(67)60-40-36-56(70(55)72(59)60)54-34-38-58(71(57)69(53)54)66(65)50(10-2)74-62(46-27-19-14-20-28-46)42(6)41(5)61(73(49)74)45-25-17-13-18-26-45/h13-40H,9-12H2,1-8H3. The molecule has 2 aliphatic carbocycles. The third-order valence-electron chi connectivity index (χ3n) is 18.7. The van der Waals surface area contributed by atoms with Crippen LogP contribution in [-0.4, -0.2) is 0 Å². The monoisotopic (exact) mass is 972 g/mol. The SMILES string of the molecule is CCc1c2c(c(CC)c3c(-c4ccccc4)c(C)c(C)c(-c4ccccc4)c13)-c1ccc3c4ccc5c6c(ccc(c7ccc-2c1c73)c64)-c1c-5c(CC)c2c(-c3ccccc3)c(C)c(C)c(-c3ccccc3)c2c1CC. The molecule has 0 spiro atoms. The first-order chi connectivity index (χ1) is 37.3. The summed E-state index contributed by atoms with van der Waals surface area (Å²) in [5.74, 6) is 0. The van der Waals surface area contributed by atoms with E-state index in [2.05, 4.69) is 225 Å². The van der Waals surface area contributed by atoms with E-state index in [1.165, 1.54) is 198 Å². The Bertz CT molecular complexity index is 4060. The lowest BCUT2D eigenvalue weighted by Crippen LogP contribution is -2.04. The van der Waals surface area contributed by atoms with E-state index < -0.39 is 0 Å². The van der Waals surface area contributed by atoms with E-state index in [9.17, 15) is 0 Å². The normalized spacial score (nSPS) is 12.4. The molecular formula is C76H60. The van der Waals surface area contributed by atoms with Crippen molar-refractivity contribution in [2.75, 3.05) is 0 Å². The van der Waals surface area contributed by atoms with Gasteiger partial charge in [0.15, 0.2) is 0 Å². The molecule has 0 saturated carbocycles. The zero-order valence-corrected chi connectivity index (χ0v) is 45.0. The second-order valence-corrected chi connectivity index (χ2v) is 21.9. The Morgan fingerprint density at radius 1 is 0.211 bits per heavy atom. The first-order valence-corrected chi connectivity index (χ1v) is 28.0. The van der Waals surface area contributed by atoms with Gasteiger partial charge in [-0.25, -0.2) is 0 Å². The van der Waals surface area contributed by atoms with Crippen molar-refractivity contribution < 1.29 is 0 Å². The van der Waals surface area contributed by atoms with Crippen LogP contribution in [0.4, 0.5) is 0 Å². The van der Waals surface area contributed by atoms with Crippen LogP contribution >= 0.6 is 0 Å². The number of benzene rings is 13. The van der Waals surface area contributed by atoms with Crippen LogP contribution in [0.1, 0.15) is 72.2 Å². The predicted octanol–water partition coefficient (Wildman–Crippen LogP) is 21.5. The van der Waals surface area contributed by atoms with Gasteiger partial charge in [-0.05, 0) is 252 Å². The van der Waals surface area contributed by atoms with E-state index in [0.29, 0.717) is 0 Å². The van der Waals surface area contributed by atoms with E-state index in [-0.39, 0.29) is 0 Å². The fraction of sp³-hybridized carbons (Fsp3) is 0.158. The topological polar surface area (TPSA) is 0 Å². The maximum absolute atomic E-state index is 2.52. The van der Waals surface area contributed by atoms with Crippen LogP contribution in [0.2, 0.25) is 0 Å². The molecule has 0 nitrogen and oxygen atoms in total. The number of rotatable bonds is 8. The third kappa shape index (κ3) is 5.69. The zero-order valence-electron chi connectivity index (χ0n) is 45.0. The van der Waals surface area contributed by atoms with Crippen LogP contribution in [0.25, 0.3) is 154 Å². The van der Waals surface area contributed by atoms with Crippen LogP contribution in [0.3, 0.4) is 0 Å². The van der Waals surface area contributed by atoms with Crippen molar-refractivity contribution in [1.29, 1.82) is 0 Å². The van der Waals surface area contributed by atoms with E-state index in [4.69, 9.17) is 0 Å². The summed E-state index contributed by atoms with van der Waals surface area (Å²) < 4.78 is 0. The van der Waals surface area contributed by atoms with Crippen molar-refractivity contribution in [3.63, 3.8) is 0 Å². The Morgan fingerprint density at radius 3 is 0.618 bits per heavy atom. The average molecular weight is 973 g/mol. The number of hydrogen-bond acceptors (Lipinski definition) is 0. The highest BCUT2D eigenvalue weighted by molar-refractivity contribution is 6.41. The van der Waals surface area contributed by atoms with Crippen molar-refractivity contribution in [3.8, 4) is 89.0 Å². The maximum Gasteiger partial charge on any atom is -0.00137 e. The number of hydrogen-bond donors (Lipinski definition) is 0. The molecule has 0 bridgehead atoms. The molecule has 0 N–H and O–H groups in total. The van der Waals surface area contributed by atoms with Gasteiger partial charge in [-0.3, -0.25) is 0 Å². The number of fused-ring (bicyclic) bond motifs is 10. The van der Waals surface area contributed by atoms with Crippen molar-refractivity contribution in [1.82, 2.24) is 0 Å². The van der Waals surface area contributed by atoms with Gasteiger partial charge >= 0.3 is 0 Å². The van der Waals surface area contributed by atoms with Gasteiger partial charge in [-0.2, -0.15) is 0 Å². The quantitative estimate of drug-likeness (QED) is 0.105. The highest BCUT2D eigenvalue weighted by Crippen LogP contribution is 2.62. The van der Waals surface area contributed by atoms with Crippen LogP contribution in [0.5, 0.6) is 0 Å². The lowest BCUT2D eigenvalue weighted by atomic mass is 9.77. The second kappa shape index (κ2) is 16.6. The molecule has 15 rings (SSSR count). The molecule has 13 aromatic carbocycles. The lowest BCUT2D eigenvalue weighted by molar-refractivity contribution is 1.13. The summed E-state index contributed by atoms with van der Waals surface area (Å²) in [6.45, 7) is 19.0. The van der Waals surface area contributed by atoms with Crippen LogP contribution in [0, 0.1) is 27.7 Å². The van der Waals surface area contributed by atoms with Gasteiger partial charge in [0.25, 0.3) is 0 Å². The van der Waals surface area contributed by atoms with E-state index in [0.717, 1.165) is 25.7 Å². The van der Waals surface area contributed by atoms with Gasteiger partial charge in [0, 0.05) is 0 Å². The summed E-state index contributed by atoms with van der Waals surface area (Å²) in [6.07, 6.45) is 3.74. The Labute approximate surface area is 446 Å². The fourth-order valence-corrected chi connectivity index (χ4v) is 15.5. The Balaban J connectivity index is 1.06. The first kappa shape index (κ1) is 45.1. The minimum absolute atomic E-state index is 0.936. The summed E-state index contributed by atoms with van der Waals surface area (Å²) in [6, 6.07) is 65.0. The van der Waals surface area contributed by atoms with Crippen molar-refractivity contribution >= 4 is 64.6 Å². The molecule has 2 aliphatic rings. The average Bonchev–Trinajstić information content (AvgIpc) is 4.18. The molecule has 0 aliphatic heterocycles. The summed E-state index contributed by atoms with van der Waals surface area (Å²) in [5, 5.41) is 16.8. The predicted molar refractivity (Wildman–Crippen MR) is 330 cm³/mol. The molecule has 0 radical (unpaired) electrons. The van der Waals surface area contributed by atoms with Crippen molar-refractivity contribution in [2.45, 2.75) is 81.1 Å². The molecule has 0 unspecified atom stereocenters. The smallest absolute Gasteiger partial charge is 0.00137 e. The summed E-state index contributed by atoms with van der Waals surface area (Å²) in [4.78, 5) is 0. The fourth-order valence-electron chi connectivity index (χ4n) is 15.5. The highest BCUT2D eigenvalue weighted by Gasteiger charge is 2.36. The van der Waals surface area contributed by atoms with Gasteiger partial charge in [-0.15, -0.1) is 0 Å². The maximum atomic E-state index is 2.52. The molecule has 0 heterocycles. The summed E-state index contributed by atoms with van der Waals surface area (Å²) in [7, 11) is 0. The third-order valence-corrected chi connectivity index (χ3v) is 18.7. The molecule has 0 atom stereocenters. The molecular weight excluding hydrogens is 913 g/mol. The number of aryl methyl sites for hydroxylation is 4. The molecule has 364 valence electrons. The van der Waals surface area contributed by atoms with Gasteiger partial charge in [-0.1, -0.05) is 198 Å². The van der Waals surface area contributed by atoms with Crippen molar-refractivity contribution in [2.24, 2.45) is 0 Å². The molecule has 76 heavy (non-hydrogen) atoms. The Kier molecular flexibility index (Phi) is 9.85. The minimum Gasteiger partial charge on any atom is -0.0622 e. The Hall–Kier alpha value is -8.32. The highest BCUT2D eigenvalue weighted by atomic mass is 14.4. The van der Waals surface area contributed by atoms with Gasteiger partial charge in [0.1, 0.15) is 0 Å². The molecule has 0 amide bonds. The Morgan fingerprint density at radius 2 is 0.421 bits per heavy atom. The first-order valence-electron chi connectivity index (χ1n) is 28.0. The van der Waals surface area contributed by atoms with Gasteiger partial charge < -0.3 is 0 Å². The van der Waals surface area contributed by atoms with Crippen LogP contribution in [0.15, 0.2) is 170 Å². The van der Waals surface area contributed by atoms with E-state index >= 15 is 0 Å². The van der Waals surface area contributed by atoms with E-state index in [1.54, 1.807) is 0 Å². The zero-order chi connectivity index (χ0) is 51.4. The van der Waals surface area contributed by atoms with Crippen LogP contribution in [-0.2, 0) is 25.7 Å². The van der Waals surface area contributed by atoms with Gasteiger partial charge in [0.05, 0.1) is 0 Å². The molecule has 0 saturated heterocycles. The van der Waals surface area contributed by atoms with Crippen LogP contribution < -0.4 is 0 Å². The molecule has 0 aromatic heterocycles. The summed E-state index contributed by atoms with van der Waals surface area (Å²) in [5.41, 5.74) is 33.4. The van der Waals surface area contributed by atoms with Crippen molar-refractivity contribution in [3.05, 3.63) is 214 Å². The van der Waals surface area contributed by atoms with Gasteiger partial charge in [0.2, 0.25) is 0 Å². The second-order valence-electron chi connectivity index (χ2n) is 21.9. The molecule has 0 heteroatoms. The lowest BCUT2D eigenvalue weighted by Gasteiger charge is -2.26. The summed E-state index contributed by atoms with van der Waals surface area (Å²) >= 11 is 0. The molecule has 13 aromatic rings. The molecule has 0 fully saturated rings.